The normalized spacial score (nSPS) is 11.8. The van der Waals surface area contributed by atoms with E-state index in [1.54, 1.807) is 7.05 Å². The van der Waals surface area contributed by atoms with Crippen LogP contribution >= 0.6 is 11.8 Å². The SMILES string of the molecule is C/[N+](=N\Cl)c1cccc(CO)c1. The molecule has 0 aliphatic heterocycles. The van der Waals surface area contributed by atoms with E-state index in [1.165, 1.54) is 4.70 Å². The van der Waals surface area contributed by atoms with Crippen LogP contribution in [-0.2, 0) is 6.61 Å². The van der Waals surface area contributed by atoms with Gasteiger partial charge in [0.05, 0.1) is 11.2 Å². The maximum atomic E-state index is 8.83. The molecule has 0 fully saturated rings. The number of nitrogens with zero attached hydrogens (tertiary/aromatic N) is 2. The van der Waals surface area contributed by atoms with E-state index in [2.05, 4.69) is 4.63 Å². The Hall–Kier alpha value is -0.930. The average Bonchev–Trinajstić information content (AvgIpc) is 2.17. The zero-order valence-electron chi connectivity index (χ0n) is 6.74. The van der Waals surface area contributed by atoms with Crippen LogP contribution in [0.4, 0.5) is 5.69 Å². The van der Waals surface area contributed by atoms with Crippen molar-refractivity contribution < 1.29 is 9.80 Å². The highest BCUT2D eigenvalue weighted by atomic mass is 35.5. The van der Waals surface area contributed by atoms with Crippen LogP contribution in [0, 0.1) is 0 Å². The second kappa shape index (κ2) is 4.18. The Balaban J connectivity index is 3.02. The lowest BCUT2D eigenvalue weighted by atomic mass is 10.2. The summed E-state index contributed by atoms with van der Waals surface area (Å²) in [4.78, 5) is 0. The van der Waals surface area contributed by atoms with Crippen molar-refractivity contribution in [2.45, 2.75) is 6.61 Å². The molecule has 1 aromatic rings. The lowest BCUT2D eigenvalue weighted by Crippen LogP contribution is -1.92. The van der Waals surface area contributed by atoms with Gasteiger partial charge in [0, 0.05) is 12.1 Å². The second-order valence-electron chi connectivity index (χ2n) is 2.43. The number of benzene rings is 1. The molecule has 0 radical (unpaired) electrons. The highest BCUT2D eigenvalue weighted by Crippen LogP contribution is 2.13. The van der Waals surface area contributed by atoms with Gasteiger partial charge in [-0.15, -0.1) is 0 Å². The molecule has 12 heavy (non-hydrogen) atoms. The summed E-state index contributed by atoms with van der Waals surface area (Å²) >= 11 is 5.27. The van der Waals surface area contributed by atoms with E-state index in [-0.39, 0.29) is 6.61 Å². The predicted octanol–water partition coefficient (Wildman–Crippen LogP) is 2.06. The summed E-state index contributed by atoms with van der Waals surface area (Å²) in [6, 6.07) is 7.38. The molecule has 1 rings (SSSR count). The van der Waals surface area contributed by atoms with E-state index >= 15 is 0 Å². The van der Waals surface area contributed by atoms with Crippen LogP contribution in [0.25, 0.3) is 0 Å². The van der Waals surface area contributed by atoms with Crippen molar-refractivity contribution in [1.29, 1.82) is 0 Å². The Morgan fingerprint density at radius 2 is 2.33 bits per heavy atom. The first-order chi connectivity index (χ1) is 5.77. The predicted molar refractivity (Wildman–Crippen MR) is 46.5 cm³/mol. The third-order valence-electron chi connectivity index (χ3n) is 1.58. The molecule has 1 N–H and O–H groups in total. The fraction of sp³-hybridized carbons (Fsp3) is 0.250. The van der Waals surface area contributed by atoms with Crippen molar-refractivity contribution in [3.05, 3.63) is 29.8 Å². The Morgan fingerprint density at radius 3 is 2.92 bits per heavy atom. The Labute approximate surface area is 76.0 Å². The average molecular weight is 186 g/mol. The molecule has 0 spiro atoms. The maximum absolute atomic E-state index is 8.83. The largest absolute Gasteiger partial charge is 0.392 e. The summed E-state index contributed by atoms with van der Waals surface area (Å²) in [6.07, 6.45) is 0. The fourth-order valence-electron chi connectivity index (χ4n) is 0.900. The van der Waals surface area contributed by atoms with E-state index in [9.17, 15) is 0 Å². The Kier molecular flexibility index (Phi) is 3.19. The number of rotatable bonds is 2. The van der Waals surface area contributed by atoms with E-state index < -0.39 is 0 Å². The van der Waals surface area contributed by atoms with Gasteiger partial charge in [0.1, 0.15) is 11.8 Å². The van der Waals surface area contributed by atoms with Crippen LogP contribution in [-0.4, -0.2) is 16.9 Å². The maximum Gasteiger partial charge on any atom is 0.233 e. The number of aliphatic hydroxyl groups is 1. The first-order valence-corrected chi connectivity index (χ1v) is 3.87. The van der Waals surface area contributed by atoms with E-state index in [0.29, 0.717) is 0 Å². The molecule has 1 aromatic carbocycles. The molecule has 3 nitrogen and oxygen atoms in total. The third-order valence-corrected chi connectivity index (χ3v) is 1.81. The van der Waals surface area contributed by atoms with Crippen LogP contribution < -0.4 is 0 Å². The minimum atomic E-state index is 0.0317. The van der Waals surface area contributed by atoms with Gasteiger partial charge in [-0.3, -0.25) is 0 Å². The van der Waals surface area contributed by atoms with E-state index in [0.717, 1.165) is 11.3 Å². The highest BCUT2D eigenvalue weighted by Gasteiger charge is 2.04. The Bertz CT molecular complexity index is 299. The number of halogens is 1. The van der Waals surface area contributed by atoms with Crippen molar-refractivity contribution in [1.82, 2.24) is 0 Å². The van der Waals surface area contributed by atoms with Crippen LogP contribution in [0.3, 0.4) is 0 Å². The summed E-state index contributed by atoms with van der Waals surface area (Å²) < 4.78 is 4.99. The fourth-order valence-corrected chi connectivity index (χ4v) is 0.987. The molecule has 0 aromatic heterocycles. The summed E-state index contributed by atoms with van der Waals surface area (Å²) in [5.41, 5.74) is 1.70. The molecule has 0 saturated carbocycles. The van der Waals surface area contributed by atoms with Crippen molar-refractivity contribution in [3.63, 3.8) is 0 Å². The summed E-state index contributed by atoms with van der Waals surface area (Å²) in [5.74, 6) is 0. The van der Waals surface area contributed by atoms with Gasteiger partial charge in [0.2, 0.25) is 5.69 Å². The standard InChI is InChI=1S/C8H10ClN2O/c1-11(10-9)8-4-2-3-7(5-8)6-12/h2-5,12H,6H2,1H3/q+1/b11-10+. The van der Waals surface area contributed by atoms with Crippen molar-refractivity contribution in [2.75, 3.05) is 7.05 Å². The molecule has 0 aliphatic carbocycles. The molecular weight excluding hydrogens is 176 g/mol. The highest BCUT2D eigenvalue weighted by molar-refractivity contribution is 6.13. The van der Waals surface area contributed by atoms with Crippen molar-refractivity contribution >= 4 is 17.5 Å². The third kappa shape index (κ3) is 2.03. The summed E-state index contributed by atoms with van der Waals surface area (Å²) in [5, 5.41) is 8.83. The molecule has 0 heterocycles. The van der Waals surface area contributed by atoms with Crippen LogP contribution in [0.2, 0.25) is 0 Å². The lowest BCUT2D eigenvalue weighted by molar-refractivity contribution is -0.471. The molecule has 4 heteroatoms. The van der Waals surface area contributed by atoms with Crippen molar-refractivity contribution in [3.8, 4) is 0 Å². The first kappa shape index (κ1) is 9.16. The van der Waals surface area contributed by atoms with Gasteiger partial charge in [-0.05, 0) is 5.56 Å². The van der Waals surface area contributed by atoms with Crippen LogP contribution in [0.5, 0.6) is 0 Å². The first-order valence-electron chi connectivity index (χ1n) is 3.53. The van der Waals surface area contributed by atoms with Gasteiger partial charge in [-0.25, -0.2) is 0 Å². The monoisotopic (exact) mass is 185 g/mol. The minimum Gasteiger partial charge on any atom is -0.392 e. The minimum absolute atomic E-state index is 0.0317. The molecular formula is C8H10ClN2O+. The molecule has 0 amide bonds. The molecule has 64 valence electrons. The lowest BCUT2D eigenvalue weighted by Gasteiger charge is -1.95. The molecule has 0 atom stereocenters. The van der Waals surface area contributed by atoms with E-state index in [4.69, 9.17) is 16.9 Å². The van der Waals surface area contributed by atoms with Crippen LogP contribution in [0.1, 0.15) is 5.56 Å². The quantitative estimate of drug-likeness (QED) is 0.556. The van der Waals surface area contributed by atoms with Crippen molar-refractivity contribution in [2.24, 2.45) is 4.63 Å². The zero-order valence-corrected chi connectivity index (χ0v) is 7.49. The Morgan fingerprint density at radius 1 is 1.58 bits per heavy atom. The van der Waals surface area contributed by atoms with Crippen LogP contribution in [0.15, 0.2) is 28.9 Å². The molecule has 0 saturated heterocycles. The number of hydrogen-bond donors (Lipinski definition) is 1. The van der Waals surface area contributed by atoms with Gasteiger partial charge >= 0.3 is 0 Å². The molecule has 0 unspecified atom stereocenters. The molecule has 0 aliphatic rings. The van der Waals surface area contributed by atoms with Gasteiger partial charge in [0.25, 0.3) is 0 Å². The number of hydrogen-bond acceptors (Lipinski definition) is 2. The van der Waals surface area contributed by atoms with Gasteiger partial charge in [-0.2, -0.15) is 0 Å². The van der Waals surface area contributed by atoms with Gasteiger partial charge in [0.15, 0.2) is 7.05 Å². The topological polar surface area (TPSA) is 35.6 Å². The second-order valence-corrected chi connectivity index (χ2v) is 2.58. The number of aliphatic hydroxyl groups excluding tert-OH is 1. The zero-order chi connectivity index (χ0) is 8.97. The smallest absolute Gasteiger partial charge is 0.233 e. The molecule has 0 bridgehead atoms. The van der Waals surface area contributed by atoms with E-state index in [1.807, 2.05) is 24.3 Å². The summed E-state index contributed by atoms with van der Waals surface area (Å²) in [6.45, 7) is 0.0317. The summed E-state index contributed by atoms with van der Waals surface area (Å²) in [7, 11) is 1.74. The van der Waals surface area contributed by atoms with Gasteiger partial charge < -0.3 is 5.11 Å². The van der Waals surface area contributed by atoms with Gasteiger partial charge in [-0.1, -0.05) is 16.8 Å².